The predicted molar refractivity (Wildman–Crippen MR) is 67.7 cm³/mol. The molecule has 0 aliphatic heterocycles. The van der Waals surface area contributed by atoms with Gasteiger partial charge < -0.3 is 5.73 Å². The van der Waals surface area contributed by atoms with Crippen molar-refractivity contribution >= 4 is 28.8 Å². The van der Waals surface area contributed by atoms with Gasteiger partial charge in [0, 0.05) is 5.02 Å². The monoisotopic (exact) mass is 265 g/mol. The summed E-state index contributed by atoms with van der Waals surface area (Å²) in [7, 11) is 0. The lowest BCUT2D eigenvalue weighted by atomic mass is 10.3. The van der Waals surface area contributed by atoms with E-state index in [1.54, 1.807) is 24.3 Å². The fourth-order valence-electron chi connectivity index (χ4n) is 1.21. The third kappa shape index (κ3) is 2.64. The molecule has 0 saturated carbocycles. The van der Waals surface area contributed by atoms with Crippen LogP contribution in [0.15, 0.2) is 44.1 Å². The molecular formula is C10H8ClN5O2. The molecule has 0 bridgehead atoms. The van der Waals surface area contributed by atoms with Crippen molar-refractivity contribution < 1.29 is 0 Å². The van der Waals surface area contributed by atoms with Gasteiger partial charge in [-0.15, -0.1) is 5.11 Å². The maximum Gasteiger partial charge on any atom is 0.327 e. The SMILES string of the molecule is Nc1[nH]c(=O)[nH]c(=O)c1N=Nc1ccc(Cl)cc1. The van der Waals surface area contributed by atoms with E-state index < -0.39 is 11.2 Å². The van der Waals surface area contributed by atoms with Gasteiger partial charge in [0.05, 0.1) is 5.69 Å². The second-order valence-electron chi connectivity index (χ2n) is 3.35. The standard InChI is InChI=1S/C10H8ClN5O2/c11-5-1-3-6(4-2-5)15-16-7-8(12)13-10(18)14-9(7)17/h1-4H,(H4,12,13,14,17,18). The number of aromatic nitrogens is 2. The number of azo groups is 1. The van der Waals surface area contributed by atoms with Crippen LogP contribution in [0.1, 0.15) is 0 Å². The minimum absolute atomic E-state index is 0.138. The minimum atomic E-state index is -0.700. The number of benzene rings is 1. The Hall–Kier alpha value is -2.41. The minimum Gasteiger partial charge on any atom is -0.383 e. The summed E-state index contributed by atoms with van der Waals surface area (Å²) < 4.78 is 0. The van der Waals surface area contributed by atoms with Crippen LogP contribution in [0.25, 0.3) is 0 Å². The van der Waals surface area contributed by atoms with Gasteiger partial charge in [-0.2, -0.15) is 5.11 Å². The fraction of sp³-hybridized carbons (Fsp3) is 0. The lowest BCUT2D eigenvalue weighted by molar-refractivity contribution is 1.03. The van der Waals surface area contributed by atoms with E-state index >= 15 is 0 Å². The van der Waals surface area contributed by atoms with Crippen LogP contribution < -0.4 is 17.0 Å². The van der Waals surface area contributed by atoms with Crippen LogP contribution in [0.3, 0.4) is 0 Å². The van der Waals surface area contributed by atoms with E-state index in [1.165, 1.54) is 0 Å². The number of aromatic amines is 2. The number of nitrogen functional groups attached to an aromatic ring is 1. The van der Waals surface area contributed by atoms with Gasteiger partial charge in [-0.3, -0.25) is 14.8 Å². The van der Waals surface area contributed by atoms with Crippen molar-refractivity contribution in [2.75, 3.05) is 5.73 Å². The van der Waals surface area contributed by atoms with Crippen LogP contribution in [0, 0.1) is 0 Å². The molecule has 7 nitrogen and oxygen atoms in total. The maximum absolute atomic E-state index is 11.4. The molecule has 0 saturated heterocycles. The van der Waals surface area contributed by atoms with E-state index in [-0.39, 0.29) is 11.5 Å². The Bertz CT molecular complexity index is 701. The van der Waals surface area contributed by atoms with Gasteiger partial charge in [0.2, 0.25) is 0 Å². The average molecular weight is 266 g/mol. The first-order chi connectivity index (χ1) is 8.56. The van der Waals surface area contributed by atoms with E-state index in [9.17, 15) is 9.59 Å². The molecule has 0 aliphatic rings. The largest absolute Gasteiger partial charge is 0.383 e. The topological polar surface area (TPSA) is 116 Å². The molecule has 0 fully saturated rings. The summed E-state index contributed by atoms with van der Waals surface area (Å²) in [4.78, 5) is 26.5. The summed E-state index contributed by atoms with van der Waals surface area (Å²) >= 11 is 5.71. The average Bonchev–Trinajstić information content (AvgIpc) is 2.30. The van der Waals surface area contributed by atoms with Gasteiger partial charge >= 0.3 is 5.69 Å². The van der Waals surface area contributed by atoms with Gasteiger partial charge in [-0.05, 0) is 24.3 Å². The number of anilines is 1. The van der Waals surface area contributed by atoms with Gasteiger partial charge in [-0.25, -0.2) is 4.79 Å². The summed E-state index contributed by atoms with van der Waals surface area (Å²) in [5, 5.41) is 8.07. The highest BCUT2D eigenvalue weighted by atomic mass is 35.5. The molecule has 0 amide bonds. The Balaban J connectivity index is 2.38. The van der Waals surface area contributed by atoms with Crippen molar-refractivity contribution in [3.05, 3.63) is 50.1 Å². The molecule has 2 aromatic rings. The molecule has 1 heterocycles. The van der Waals surface area contributed by atoms with Crippen LogP contribution >= 0.6 is 11.6 Å². The molecule has 1 aromatic heterocycles. The second kappa shape index (κ2) is 4.84. The number of nitrogens with zero attached hydrogens (tertiary/aromatic N) is 2. The number of halogens is 1. The second-order valence-corrected chi connectivity index (χ2v) is 3.78. The Kier molecular flexibility index (Phi) is 3.24. The highest BCUT2D eigenvalue weighted by Crippen LogP contribution is 2.19. The summed E-state index contributed by atoms with van der Waals surface area (Å²) in [6.07, 6.45) is 0. The number of hydrogen-bond acceptors (Lipinski definition) is 5. The third-order valence-corrected chi connectivity index (χ3v) is 2.29. The summed E-state index contributed by atoms with van der Waals surface area (Å²) in [5.41, 5.74) is 4.42. The van der Waals surface area contributed by atoms with Crippen LogP contribution in [-0.4, -0.2) is 9.97 Å². The van der Waals surface area contributed by atoms with Crippen molar-refractivity contribution in [2.24, 2.45) is 10.2 Å². The quantitative estimate of drug-likeness (QED) is 0.718. The van der Waals surface area contributed by atoms with Gasteiger partial charge in [0.15, 0.2) is 5.69 Å². The lowest BCUT2D eigenvalue weighted by Crippen LogP contribution is -2.23. The zero-order chi connectivity index (χ0) is 13.1. The zero-order valence-electron chi connectivity index (χ0n) is 8.98. The van der Waals surface area contributed by atoms with Gasteiger partial charge in [-0.1, -0.05) is 11.6 Å². The van der Waals surface area contributed by atoms with Crippen LogP contribution in [-0.2, 0) is 0 Å². The van der Waals surface area contributed by atoms with E-state index in [0.717, 1.165) is 0 Å². The van der Waals surface area contributed by atoms with E-state index in [0.29, 0.717) is 10.7 Å². The molecule has 1 aromatic carbocycles. The highest BCUT2D eigenvalue weighted by Gasteiger charge is 2.04. The molecular weight excluding hydrogens is 258 g/mol. The molecule has 0 unspecified atom stereocenters. The smallest absolute Gasteiger partial charge is 0.327 e. The third-order valence-electron chi connectivity index (χ3n) is 2.04. The Morgan fingerprint density at radius 2 is 1.72 bits per heavy atom. The number of H-pyrrole nitrogens is 2. The van der Waals surface area contributed by atoms with Crippen molar-refractivity contribution in [2.45, 2.75) is 0 Å². The Morgan fingerprint density at radius 3 is 2.33 bits per heavy atom. The van der Waals surface area contributed by atoms with Crippen molar-refractivity contribution in [1.29, 1.82) is 0 Å². The Labute approximate surface area is 105 Å². The first-order valence-corrected chi connectivity index (χ1v) is 5.23. The number of rotatable bonds is 2. The molecule has 2 rings (SSSR count). The predicted octanol–water partition coefficient (Wildman–Crippen LogP) is 1.71. The zero-order valence-corrected chi connectivity index (χ0v) is 9.73. The fourth-order valence-corrected chi connectivity index (χ4v) is 1.34. The first kappa shape index (κ1) is 12.1. The van der Waals surface area contributed by atoms with Crippen molar-refractivity contribution in [3.8, 4) is 0 Å². The molecule has 0 atom stereocenters. The molecule has 8 heteroatoms. The molecule has 4 N–H and O–H groups in total. The number of hydrogen-bond donors (Lipinski definition) is 3. The highest BCUT2D eigenvalue weighted by molar-refractivity contribution is 6.30. The van der Waals surface area contributed by atoms with Crippen molar-refractivity contribution in [3.63, 3.8) is 0 Å². The van der Waals surface area contributed by atoms with E-state index in [2.05, 4.69) is 15.2 Å². The summed E-state index contributed by atoms with van der Waals surface area (Å²) in [5.74, 6) is -0.138. The van der Waals surface area contributed by atoms with Gasteiger partial charge in [0.1, 0.15) is 5.82 Å². The normalized spacial score (nSPS) is 10.9. The van der Waals surface area contributed by atoms with Crippen molar-refractivity contribution in [1.82, 2.24) is 9.97 Å². The maximum atomic E-state index is 11.4. The molecule has 18 heavy (non-hydrogen) atoms. The summed E-state index contributed by atoms with van der Waals surface area (Å²) in [6, 6.07) is 6.52. The van der Waals surface area contributed by atoms with Crippen LogP contribution in [0.5, 0.6) is 0 Å². The van der Waals surface area contributed by atoms with Crippen LogP contribution in [0.4, 0.5) is 17.2 Å². The number of nitrogens with two attached hydrogens (primary N) is 1. The number of nitrogens with one attached hydrogen (secondary N) is 2. The van der Waals surface area contributed by atoms with E-state index in [1.807, 2.05) is 4.98 Å². The molecule has 0 spiro atoms. The van der Waals surface area contributed by atoms with Gasteiger partial charge in [0.25, 0.3) is 5.56 Å². The summed E-state index contributed by atoms with van der Waals surface area (Å²) in [6.45, 7) is 0. The molecule has 0 aliphatic carbocycles. The van der Waals surface area contributed by atoms with Crippen LogP contribution in [0.2, 0.25) is 5.02 Å². The molecule has 92 valence electrons. The Morgan fingerprint density at radius 1 is 1.06 bits per heavy atom. The lowest BCUT2D eigenvalue weighted by Gasteiger charge is -1.96. The van der Waals surface area contributed by atoms with E-state index in [4.69, 9.17) is 17.3 Å². The molecule has 0 radical (unpaired) electrons. The first-order valence-electron chi connectivity index (χ1n) is 4.85.